The Morgan fingerprint density at radius 1 is 1.23 bits per heavy atom. The molecular weight excluding hydrogens is 464 g/mol. The number of aromatic nitrogens is 3. The second-order valence-electron chi connectivity index (χ2n) is 9.00. The van der Waals surface area contributed by atoms with Gasteiger partial charge in [-0.05, 0) is 55.8 Å². The molecule has 3 atom stereocenters. The maximum absolute atomic E-state index is 13.3. The predicted octanol–water partition coefficient (Wildman–Crippen LogP) is 5.50. The number of rotatable bonds is 5. The lowest BCUT2D eigenvalue weighted by Gasteiger charge is -2.37. The van der Waals surface area contributed by atoms with Gasteiger partial charge in [-0.3, -0.25) is 4.79 Å². The van der Waals surface area contributed by atoms with Gasteiger partial charge in [-0.2, -0.15) is 0 Å². The number of hydrogen-bond donors (Lipinski definition) is 3. The van der Waals surface area contributed by atoms with Crippen LogP contribution < -0.4 is 5.32 Å². The second-order valence-corrected chi connectivity index (χ2v) is 9.99. The van der Waals surface area contributed by atoms with Crippen LogP contribution in [0.2, 0.25) is 0 Å². The lowest BCUT2D eigenvalue weighted by Crippen LogP contribution is -2.41. The molecule has 3 aromatic heterocycles. The standard InChI is InChI=1S/C26H26N4O4S/c1-2-33-25(32)24-23-14(13-27-24)21(22-17(28-23)9-5-6-10-18(22)31)19-11-12-20(34-19)35-26-29-15-7-3-4-8-16(15)30-26/h3-4,7-8,11-13,17,21-22,27-28H,2,5-6,9-10H2,1H3,(H,29,30). The van der Waals surface area contributed by atoms with Crippen molar-refractivity contribution in [3.8, 4) is 0 Å². The molecule has 4 aromatic rings. The third-order valence-electron chi connectivity index (χ3n) is 6.88. The van der Waals surface area contributed by atoms with Crippen molar-refractivity contribution in [1.29, 1.82) is 0 Å². The van der Waals surface area contributed by atoms with Crippen LogP contribution in [-0.4, -0.2) is 39.4 Å². The summed E-state index contributed by atoms with van der Waals surface area (Å²) < 4.78 is 11.6. The summed E-state index contributed by atoms with van der Waals surface area (Å²) >= 11 is 1.41. The van der Waals surface area contributed by atoms with Crippen molar-refractivity contribution in [3.05, 3.63) is 59.6 Å². The first-order valence-corrected chi connectivity index (χ1v) is 12.8. The summed E-state index contributed by atoms with van der Waals surface area (Å²) in [5, 5.41) is 4.94. The van der Waals surface area contributed by atoms with E-state index < -0.39 is 5.97 Å². The molecule has 1 fully saturated rings. The minimum absolute atomic E-state index is 0.0666. The molecule has 9 heteroatoms. The number of aromatic amines is 2. The summed E-state index contributed by atoms with van der Waals surface area (Å²) in [5.74, 6) is -0.000221. The first kappa shape index (κ1) is 22.0. The molecule has 0 saturated heterocycles. The number of imidazole rings is 1. The molecule has 1 aliphatic carbocycles. The number of hydrogen-bond acceptors (Lipinski definition) is 7. The molecule has 1 aromatic carbocycles. The van der Waals surface area contributed by atoms with E-state index in [9.17, 15) is 9.59 Å². The predicted molar refractivity (Wildman–Crippen MR) is 132 cm³/mol. The van der Waals surface area contributed by atoms with Gasteiger partial charge < -0.3 is 24.4 Å². The minimum Gasteiger partial charge on any atom is -0.461 e. The number of benzene rings is 1. The molecule has 0 spiro atoms. The quantitative estimate of drug-likeness (QED) is 0.317. The number of carbonyl (C=O) groups is 2. The van der Waals surface area contributed by atoms with Gasteiger partial charge in [-0.15, -0.1) is 0 Å². The molecule has 0 radical (unpaired) electrons. The normalized spacial score (nSPS) is 21.7. The van der Waals surface area contributed by atoms with Gasteiger partial charge in [-0.25, -0.2) is 9.78 Å². The van der Waals surface area contributed by atoms with E-state index in [1.165, 1.54) is 11.8 Å². The van der Waals surface area contributed by atoms with E-state index in [1.54, 1.807) is 6.92 Å². The lowest BCUT2D eigenvalue weighted by molar-refractivity contribution is -0.123. The Hall–Kier alpha value is -3.46. The lowest BCUT2D eigenvalue weighted by atomic mass is 9.74. The number of anilines is 1. The van der Waals surface area contributed by atoms with Crippen LogP contribution >= 0.6 is 11.8 Å². The number of fused-ring (bicyclic) bond motifs is 3. The zero-order valence-electron chi connectivity index (χ0n) is 19.3. The Labute approximate surface area is 206 Å². The van der Waals surface area contributed by atoms with Crippen LogP contribution in [0.3, 0.4) is 0 Å². The van der Waals surface area contributed by atoms with E-state index in [0.29, 0.717) is 35.3 Å². The van der Waals surface area contributed by atoms with Gasteiger partial charge >= 0.3 is 5.97 Å². The molecule has 0 bridgehead atoms. The third-order valence-corrected chi connectivity index (χ3v) is 7.69. The van der Waals surface area contributed by atoms with Crippen LogP contribution in [0.5, 0.6) is 0 Å². The van der Waals surface area contributed by atoms with Crippen LogP contribution in [0.4, 0.5) is 5.69 Å². The first-order valence-electron chi connectivity index (χ1n) is 12.0. The topological polar surface area (TPSA) is 113 Å². The molecule has 180 valence electrons. The number of carbonyl (C=O) groups excluding carboxylic acids is 2. The van der Waals surface area contributed by atoms with E-state index in [1.807, 2.05) is 42.6 Å². The van der Waals surface area contributed by atoms with Crippen molar-refractivity contribution < 1.29 is 18.7 Å². The zero-order chi connectivity index (χ0) is 23.9. The summed E-state index contributed by atoms with van der Waals surface area (Å²) in [6, 6.07) is 11.7. The maximum atomic E-state index is 13.3. The number of Topliss-reactive ketones (excluding diaryl/α,β-unsaturated/α-hetero) is 1. The number of nitrogens with one attached hydrogen (secondary N) is 3. The first-order chi connectivity index (χ1) is 17.1. The second kappa shape index (κ2) is 8.96. The van der Waals surface area contributed by atoms with Gasteiger partial charge in [0.1, 0.15) is 17.2 Å². The van der Waals surface area contributed by atoms with Gasteiger partial charge in [-0.1, -0.05) is 18.6 Å². The van der Waals surface area contributed by atoms with E-state index in [2.05, 4.69) is 20.3 Å². The Morgan fingerprint density at radius 3 is 2.97 bits per heavy atom. The summed E-state index contributed by atoms with van der Waals surface area (Å²) in [6.07, 6.45) is 5.08. The minimum atomic E-state index is -0.404. The van der Waals surface area contributed by atoms with E-state index in [4.69, 9.17) is 9.15 Å². The van der Waals surface area contributed by atoms with Crippen LogP contribution in [0, 0.1) is 5.92 Å². The Bertz CT molecular complexity index is 1370. The number of H-pyrrole nitrogens is 2. The summed E-state index contributed by atoms with van der Waals surface area (Å²) in [5.41, 5.74) is 3.84. The van der Waals surface area contributed by atoms with E-state index in [-0.39, 0.29) is 23.7 Å². The summed E-state index contributed by atoms with van der Waals surface area (Å²) in [4.78, 5) is 36.9. The molecule has 0 amide bonds. The fraction of sp³-hybridized carbons (Fsp3) is 0.346. The molecule has 4 heterocycles. The van der Waals surface area contributed by atoms with Gasteiger partial charge in [0.05, 0.1) is 35.2 Å². The maximum Gasteiger partial charge on any atom is 0.356 e. The molecule has 2 aliphatic rings. The third kappa shape index (κ3) is 3.93. The highest BCUT2D eigenvalue weighted by molar-refractivity contribution is 7.99. The average Bonchev–Trinajstić information content (AvgIpc) is 3.56. The molecule has 35 heavy (non-hydrogen) atoms. The van der Waals surface area contributed by atoms with Crippen molar-refractivity contribution >= 4 is 40.2 Å². The molecule has 3 N–H and O–H groups in total. The smallest absolute Gasteiger partial charge is 0.356 e. The number of para-hydroxylation sites is 2. The number of furan rings is 1. The van der Waals surface area contributed by atoms with Gasteiger partial charge in [0, 0.05) is 24.2 Å². The molecule has 8 nitrogen and oxygen atoms in total. The monoisotopic (exact) mass is 490 g/mol. The largest absolute Gasteiger partial charge is 0.461 e. The van der Waals surface area contributed by atoms with Crippen molar-refractivity contribution in [2.24, 2.45) is 5.92 Å². The van der Waals surface area contributed by atoms with Crippen LogP contribution in [0.1, 0.15) is 60.3 Å². The Morgan fingerprint density at radius 2 is 2.11 bits per heavy atom. The van der Waals surface area contributed by atoms with Crippen molar-refractivity contribution in [1.82, 2.24) is 15.0 Å². The van der Waals surface area contributed by atoms with Crippen LogP contribution in [-0.2, 0) is 9.53 Å². The fourth-order valence-electron chi connectivity index (χ4n) is 5.36. The number of ether oxygens (including phenoxy) is 1. The van der Waals surface area contributed by atoms with E-state index >= 15 is 0 Å². The summed E-state index contributed by atoms with van der Waals surface area (Å²) in [7, 11) is 0. The van der Waals surface area contributed by atoms with Crippen LogP contribution in [0.25, 0.3) is 11.0 Å². The average molecular weight is 491 g/mol. The number of esters is 1. The van der Waals surface area contributed by atoms with Gasteiger partial charge in [0.2, 0.25) is 0 Å². The Balaban J connectivity index is 1.37. The zero-order valence-corrected chi connectivity index (χ0v) is 20.1. The highest BCUT2D eigenvalue weighted by Crippen LogP contribution is 2.48. The fourth-order valence-corrected chi connectivity index (χ4v) is 6.13. The van der Waals surface area contributed by atoms with Gasteiger partial charge in [0.15, 0.2) is 10.2 Å². The summed E-state index contributed by atoms with van der Waals surface area (Å²) in [6.45, 7) is 2.08. The molecule has 6 rings (SSSR count). The van der Waals surface area contributed by atoms with Gasteiger partial charge in [0.25, 0.3) is 0 Å². The molecule has 1 saturated carbocycles. The van der Waals surface area contributed by atoms with E-state index in [0.717, 1.165) is 41.0 Å². The molecule has 1 aliphatic heterocycles. The van der Waals surface area contributed by atoms with Crippen LogP contribution in [0.15, 0.2) is 57.3 Å². The molecule has 3 unspecified atom stereocenters. The number of ketones is 1. The van der Waals surface area contributed by atoms with Crippen molar-refractivity contribution in [3.63, 3.8) is 0 Å². The number of nitrogens with zero attached hydrogens (tertiary/aromatic N) is 1. The van der Waals surface area contributed by atoms with Crippen molar-refractivity contribution in [2.75, 3.05) is 11.9 Å². The highest BCUT2D eigenvalue weighted by atomic mass is 32.2. The SMILES string of the molecule is CCOC(=O)c1[nH]cc2c1NC1CCCCC(=O)C1C2c1ccc(Sc2nc3ccccc3[nH]2)o1. The van der Waals surface area contributed by atoms with Crippen molar-refractivity contribution in [2.45, 2.75) is 54.8 Å². The molecular formula is C26H26N4O4S. The Kier molecular flexibility index (Phi) is 5.64. The highest BCUT2D eigenvalue weighted by Gasteiger charge is 2.45.